The van der Waals surface area contributed by atoms with Gasteiger partial charge >= 0.3 is 0 Å². The molecule has 0 aromatic heterocycles. The van der Waals surface area contributed by atoms with Crippen molar-refractivity contribution in [3.63, 3.8) is 0 Å². The van der Waals surface area contributed by atoms with Crippen molar-refractivity contribution >= 4 is 0 Å². The standard InChI is InChI=1S/C22H23NO3/c1-23-22(17-10-4-7-13-21(17)26)18(16-9-3-6-12-20(16)25)14-15-8-2-5-11-19(15)24/h2-13,18,22-26H,14H2,1H3. The summed E-state index contributed by atoms with van der Waals surface area (Å²) in [5.41, 5.74) is 2.30. The zero-order valence-electron chi connectivity index (χ0n) is 14.6. The second-order valence-electron chi connectivity index (χ2n) is 6.32. The van der Waals surface area contributed by atoms with Crippen LogP contribution >= 0.6 is 0 Å². The Morgan fingerprint density at radius 1 is 0.692 bits per heavy atom. The van der Waals surface area contributed by atoms with Gasteiger partial charge in [-0.25, -0.2) is 0 Å². The SMILES string of the molecule is CNC(c1ccccc1O)C(Cc1ccccc1O)c1ccccc1O. The van der Waals surface area contributed by atoms with Crippen LogP contribution in [0.3, 0.4) is 0 Å². The van der Waals surface area contributed by atoms with Gasteiger partial charge in [0.25, 0.3) is 0 Å². The number of para-hydroxylation sites is 3. The summed E-state index contributed by atoms with van der Waals surface area (Å²) < 4.78 is 0. The number of hydrogen-bond donors (Lipinski definition) is 4. The molecule has 134 valence electrons. The zero-order valence-corrected chi connectivity index (χ0v) is 14.6. The van der Waals surface area contributed by atoms with Gasteiger partial charge in [0, 0.05) is 17.5 Å². The number of aromatic hydroxyl groups is 3. The minimum absolute atomic E-state index is 0.192. The minimum Gasteiger partial charge on any atom is -0.508 e. The van der Waals surface area contributed by atoms with Crippen LogP contribution in [0.25, 0.3) is 0 Å². The van der Waals surface area contributed by atoms with Gasteiger partial charge in [-0.3, -0.25) is 0 Å². The Hall–Kier alpha value is -2.98. The fourth-order valence-corrected chi connectivity index (χ4v) is 3.45. The molecule has 0 radical (unpaired) electrons. The molecule has 2 atom stereocenters. The van der Waals surface area contributed by atoms with Gasteiger partial charge in [-0.05, 0) is 42.8 Å². The van der Waals surface area contributed by atoms with E-state index in [1.165, 1.54) is 0 Å². The molecule has 0 aliphatic rings. The monoisotopic (exact) mass is 349 g/mol. The van der Waals surface area contributed by atoms with Gasteiger partial charge < -0.3 is 20.6 Å². The van der Waals surface area contributed by atoms with Crippen molar-refractivity contribution in [2.24, 2.45) is 0 Å². The van der Waals surface area contributed by atoms with Crippen LogP contribution in [0, 0.1) is 0 Å². The first-order chi connectivity index (χ1) is 12.6. The summed E-state index contributed by atoms with van der Waals surface area (Å²) in [7, 11) is 1.83. The van der Waals surface area contributed by atoms with Crippen molar-refractivity contribution < 1.29 is 15.3 Å². The van der Waals surface area contributed by atoms with Crippen LogP contribution in [0.15, 0.2) is 72.8 Å². The van der Waals surface area contributed by atoms with E-state index in [-0.39, 0.29) is 29.2 Å². The summed E-state index contributed by atoms with van der Waals surface area (Å²) in [6.45, 7) is 0. The van der Waals surface area contributed by atoms with E-state index >= 15 is 0 Å². The van der Waals surface area contributed by atoms with Crippen LogP contribution in [-0.2, 0) is 6.42 Å². The van der Waals surface area contributed by atoms with Crippen LogP contribution in [0.4, 0.5) is 0 Å². The van der Waals surface area contributed by atoms with Gasteiger partial charge in [-0.1, -0.05) is 54.6 Å². The molecule has 3 aromatic rings. The Morgan fingerprint density at radius 2 is 1.19 bits per heavy atom. The molecule has 2 unspecified atom stereocenters. The van der Waals surface area contributed by atoms with Crippen LogP contribution in [0.2, 0.25) is 0 Å². The van der Waals surface area contributed by atoms with Crippen molar-refractivity contribution in [1.82, 2.24) is 5.32 Å². The normalized spacial score (nSPS) is 13.3. The summed E-state index contributed by atoms with van der Waals surface area (Å²) in [6, 6.07) is 21.3. The quantitative estimate of drug-likeness (QED) is 0.541. The molecule has 0 bridgehead atoms. The highest BCUT2D eigenvalue weighted by Crippen LogP contribution is 2.41. The molecule has 3 rings (SSSR count). The lowest BCUT2D eigenvalue weighted by molar-refractivity contribution is 0.404. The van der Waals surface area contributed by atoms with E-state index in [1.807, 2.05) is 43.4 Å². The molecule has 0 aliphatic carbocycles. The van der Waals surface area contributed by atoms with E-state index in [0.29, 0.717) is 6.42 Å². The molecule has 26 heavy (non-hydrogen) atoms. The summed E-state index contributed by atoms with van der Waals surface area (Å²) in [5, 5.41) is 34.3. The van der Waals surface area contributed by atoms with Crippen molar-refractivity contribution in [1.29, 1.82) is 0 Å². The third-order valence-electron chi connectivity index (χ3n) is 4.75. The number of rotatable bonds is 6. The van der Waals surface area contributed by atoms with E-state index in [1.54, 1.807) is 36.4 Å². The molecular weight excluding hydrogens is 326 g/mol. The first-order valence-electron chi connectivity index (χ1n) is 8.61. The van der Waals surface area contributed by atoms with Gasteiger partial charge in [-0.2, -0.15) is 0 Å². The van der Waals surface area contributed by atoms with Gasteiger partial charge in [0.2, 0.25) is 0 Å². The fourth-order valence-electron chi connectivity index (χ4n) is 3.45. The first kappa shape index (κ1) is 17.8. The summed E-state index contributed by atoms with van der Waals surface area (Å²) in [5.74, 6) is 0.427. The lowest BCUT2D eigenvalue weighted by Crippen LogP contribution is -2.25. The van der Waals surface area contributed by atoms with Crippen LogP contribution in [0.1, 0.15) is 28.7 Å². The van der Waals surface area contributed by atoms with Gasteiger partial charge in [0.1, 0.15) is 17.2 Å². The number of benzene rings is 3. The Kier molecular flexibility index (Phi) is 5.44. The second-order valence-corrected chi connectivity index (χ2v) is 6.32. The van der Waals surface area contributed by atoms with Gasteiger partial charge in [0.15, 0.2) is 0 Å². The molecular formula is C22H23NO3. The largest absolute Gasteiger partial charge is 0.508 e. The van der Waals surface area contributed by atoms with E-state index in [0.717, 1.165) is 16.7 Å². The highest BCUT2D eigenvalue weighted by molar-refractivity contribution is 5.44. The summed E-state index contributed by atoms with van der Waals surface area (Å²) >= 11 is 0. The topological polar surface area (TPSA) is 72.7 Å². The fraction of sp³-hybridized carbons (Fsp3) is 0.182. The second kappa shape index (κ2) is 7.93. The summed E-state index contributed by atoms with van der Waals surface area (Å²) in [4.78, 5) is 0. The smallest absolute Gasteiger partial charge is 0.120 e. The maximum atomic E-state index is 10.4. The predicted octanol–water partition coefficient (Wildman–Crippen LogP) is 4.09. The van der Waals surface area contributed by atoms with E-state index in [4.69, 9.17) is 0 Å². The third kappa shape index (κ3) is 3.65. The Bertz CT molecular complexity index is 879. The highest BCUT2D eigenvalue weighted by Gasteiger charge is 2.28. The Morgan fingerprint density at radius 3 is 1.73 bits per heavy atom. The van der Waals surface area contributed by atoms with E-state index < -0.39 is 0 Å². The lowest BCUT2D eigenvalue weighted by atomic mass is 9.81. The molecule has 0 saturated carbocycles. The van der Waals surface area contributed by atoms with Gasteiger partial charge in [-0.15, -0.1) is 0 Å². The van der Waals surface area contributed by atoms with Crippen LogP contribution in [0.5, 0.6) is 17.2 Å². The highest BCUT2D eigenvalue weighted by atomic mass is 16.3. The molecule has 3 aromatic carbocycles. The summed E-state index contributed by atoms with van der Waals surface area (Å²) in [6.07, 6.45) is 0.504. The molecule has 4 N–H and O–H groups in total. The average Bonchev–Trinajstić information content (AvgIpc) is 2.65. The Balaban J connectivity index is 2.09. The molecule has 4 heteroatoms. The molecule has 4 nitrogen and oxygen atoms in total. The van der Waals surface area contributed by atoms with Gasteiger partial charge in [0.05, 0.1) is 0 Å². The molecule has 0 amide bonds. The van der Waals surface area contributed by atoms with Crippen LogP contribution < -0.4 is 5.32 Å². The number of phenolic OH excluding ortho intramolecular Hbond substituents is 3. The predicted molar refractivity (Wildman–Crippen MR) is 103 cm³/mol. The molecule has 0 aliphatic heterocycles. The first-order valence-corrected chi connectivity index (χ1v) is 8.61. The van der Waals surface area contributed by atoms with E-state index in [2.05, 4.69) is 5.32 Å². The number of hydrogen-bond acceptors (Lipinski definition) is 4. The molecule has 0 fully saturated rings. The molecule has 0 heterocycles. The minimum atomic E-state index is -0.246. The number of likely N-dealkylation sites (N-methyl/N-ethyl adjacent to an activating group) is 1. The van der Waals surface area contributed by atoms with Crippen molar-refractivity contribution in [2.75, 3.05) is 7.05 Å². The van der Waals surface area contributed by atoms with E-state index in [9.17, 15) is 15.3 Å². The molecule has 0 spiro atoms. The van der Waals surface area contributed by atoms with Crippen LogP contribution in [-0.4, -0.2) is 22.4 Å². The molecule has 0 saturated heterocycles. The lowest BCUT2D eigenvalue weighted by Gasteiger charge is -2.29. The third-order valence-corrected chi connectivity index (χ3v) is 4.75. The zero-order chi connectivity index (χ0) is 18.5. The van der Waals surface area contributed by atoms with Crippen molar-refractivity contribution in [2.45, 2.75) is 18.4 Å². The number of phenols is 3. The Labute approximate surface area is 153 Å². The maximum absolute atomic E-state index is 10.4. The van der Waals surface area contributed by atoms with Crippen molar-refractivity contribution in [3.8, 4) is 17.2 Å². The average molecular weight is 349 g/mol. The van der Waals surface area contributed by atoms with Crippen molar-refractivity contribution in [3.05, 3.63) is 89.5 Å². The number of nitrogens with one attached hydrogen (secondary N) is 1. The maximum Gasteiger partial charge on any atom is 0.120 e.